The van der Waals surface area contributed by atoms with E-state index in [1.807, 2.05) is 17.0 Å². The molecule has 2 aliphatic heterocycles. The van der Waals surface area contributed by atoms with Crippen molar-refractivity contribution in [3.63, 3.8) is 0 Å². The van der Waals surface area contributed by atoms with Gasteiger partial charge in [-0.25, -0.2) is 0 Å². The molecule has 1 aromatic carbocycles. The van der Waals surface area contributed by atoms with Gasteiger partial charge in [-0.2, -0.15) is 0 Å². The first-order valence-electron chi connectivity index (χ1n) is 7.89. The van der Waals surface area contributed by atoms with Crippen molar-refractivity contribution in [1.29, 1.82) is 0 Å². The number of hydrogen-bond acceptors (Lipinski definition) is 2. The van der Waals surface area contributed by atoms with Crippen molar-refractivity contribution in [2.24, 2.45) is 0 Å². The van der Waals surface area contributed by atoms with Crippen molar-refractivity contribution in [1.82, 2.24) is 9.80 Å². The number of piperidine rings is 1. The highest BCUT2D eigenvalue weighted by molar-refractivity contribution is 6.31. The van der Waals surface area contributed by atoms with Crippen LogP contribution in [0.5, 0.6) is 0 Å². The van der Waals surface area contributed by atoms with Gasteiger partial charge in [-0.1, -0.05) is 29.8 Å². The summed E-state index contributed by atoms with van der Waals surface area (Å²) in [6, 6.07) is 8.86. The molecule has 4 heteroatoms. The number of rotatable bonds is 2. The van der Waals surface area contributed by atoms with E-state index in [1.54, 1.807) is 6.92 Å². The maximum absolute atomic E-state index is 11.4. The Morgan fingerprint density at radius 1 is 1.14 bits per heavy atom. The van der Waals surface area contributed by atoms with Crippen LogP contribution in [0.3, 0.4) is 0 Å². The van der Waals surface area contributed by atoms with Crippen LogP contribution in [0.4, 0.5) is 0 Å². The largest absolute Gasteiger partial charge is 0.343 e. The predicted molar refractivity (Wildman–Crippen MR) is 85.7 cm³/mol. The van der Waals surface area contributed by atoms with E-state index in [-0.39, 0.29) is 5.91 Å². The van der Waals surface area contributed by atoms with Gasteiger partial charge in [-0.05, 0) is 43.4 Å². The van der Waals surface area contributed by atoms with Gasteiger partial charge in [0.15, 0.2) is 0 Å². The minimum absolute atomic E-state index is 0.212. The van der Waals surface area contributed by atoms with Gasteiger partial charge in [0.1, 0.15) is 0 Å². The topological polar surface area (TPSA) is 23.6 Å². The molecule has 0 saturated carbocycles. The number of halogens is 1. The first-order chi connectivity index (χ1) is 10.1. The summed E-state index contributed by atoms with van der Waals surface area (Å²) in [6.45, 7) is 5.75. The molecule has 0 spiro atoms. The first kappa shape index (κ1) is 14.9. The highest BCUT2D eigenvalue weighted by Crippen LogP contribution is 2.34. The first-order valence-corrected chi connectivity index (χ1v) is 8.27. The van der Waals surface area contributed by atoms with E-state index in [0.717, 1.165) is 44.0 Å². The van der Waals surface area contributed by atoms with Crippen LogP contribution in [0.15, 0.2) is 24.3 Å². The van der Waals surface area contributed by atoms with Gasteiger partial charge >= 0.3 is 0 Å². The molecule has 21 heavy (non-hydrogen) atoms. The summed E-state index contributed by atoms with van der Waals surface area (Å²) in [6.07, 6.45) is 3.40. The standard InChI is InChI=1S/C17H23ClN2O/c1-13(21)19-10-7-15(8-11-19)20-9-6-14(12-20)16-4-2-3-5-17(16)18/h2-5,14-15H,6-12H2,1H3. The van der Waals surface area contributed by atoms with Crippen molar-refractivity contribution >= 4 is 17.5 Å². The summed E-state index contributed by atoms with van der Waals surface area (Å²) in [5.41, 5.74) is 1.29. The molecular formula is C17H23ClN2O. The highest BCUT2D eigenvalue weighted by atomic mass is 35.5. The summed E-state index contributed by atoms with van der Waals surface area (Å²) in [5, 5.41) is 0.899. The number of benzene rings is 1. The molecule has 1 unspecified atom stereocenters. The second-order valence-corrected chi connectivity index (χ2v) is 6.65. The van der Waals surface area contributed by atoms with Crippen LogP contribution >= 0.6 is 11.6 Å². The third kappa shape index (κ3) is 3.24. The molecule has 1 aromatic rings. The average Bonchev–Trinajstić information content (AvgIpc) is 2.97. The number of carbonyl (C=O) groups excluding carboxylic acids is 1. The Balaban J connectivity index is 1.58. The Bertz CT molecular complexity index is 511. The van der Waals surface area contributed by atoms with Crippen LogP contribution in [0.25, 0.3) is 0 Å². The third-order valence-corrected chi connectivity index (χ3v) is 5.34. The monoisotopic (exact) mass is 306 g/mol. The Labute approximate surface area is 131 Å². The van der Waals surface area contributed by atoms with Gasteiger partial charge in [-0.15, -0.1) is 0 Å². The molecule has 114 valence electrons. The summed E-state index contributed by atoms with van der Waals surface area (Å²) < 4.78 is 0. The molecule has 0 N–H and O–H groups in total. The van der Waals surface area contributed by atoms with Crippen molar-refractivity contribution in [2.75, 3.05) is 26.2 Å². The predicted octanol–water partition coefficient (Wildman–Crippen LogP) is 3.14. The molecule has 1 atom stereocenters. The van der Waals surface area contributed by atoms with Crippen molar-refractivity contribution < 1.29 is 4.79 Å². The number of hydrogen-bond donors (Lipinski definition) is 0. The second-order valence-electron chi connectivity index (χ2n) is 6.24. The van der Waals surface area contributed by atoms with E-state index >= 15 is 0 Å². The number of likely N-dealkylation sites (tertiary alicyclic amines) is 2. The lowest BCUT2D eigenvalue weighted by Gasteiger charge is -2.36. The van der Waals surface area contributed by atoms with Gasteiger partial charge in [-0.3, -0.25) is 9.69 Å². The van der Waals surface area contributed by atoms with Crippen LogP contribution in [0, 0.1) is 0 Å². The Morgan fingerprint density at radius 3 is 2.52 bits per heavy atom. The normalized spacial score (nSPS) is 24.5. The van der Waals surface area contributed by atoms with Crippen LogP contribution in [-0.2, 0) is 4.79 Å². The van der Waals surface area contributed by atoms with Crippen LogP contribution in [-0.4, -0.2) is 47.9 Å². The lowest BCUT2D eigenvalue weighted by Crippen LogP contribution is -2.45. The number of carbonyl (C=O) groups is 1. The maximum Gasteiger partial charge on any atom is 0.219 e. The molecule has 2 heterocycles. The maximum atomic E-state index is 11.4. The summed E-state index contributed by atoms with van der Waals surface area (Å²) in [4.78, 5) is 16.0. The van der Waals surface area contributed by atoms with Crippen molar-refractivity contribution in [2.45, 2.75) is 38.1 Å². The molecule has 0 radical (unpaired) electrons. The summed E-state index contributed by atoms with van der Waals surface area (Å²) >= 11 is 6.33. The quantitative estimate of drug-likeness (QED) is 0.838. The zero-order chi connectivity index (χ0) is 14.8. The molecule has 0 bridgehead atoms. The molecular weight excluding hydrogens is 284 g/mol. The molecule has 2 fully saturated rings. The molecule has 1 amide bonds. The number of amides is 1. The fraction of sp³-hybridized carbons (Fsp3) is 0.588. The molecule has 0 aliphatic carbocycles. The van der Waals surface area contributed by atoms with E-state index in [0.29, 0.717) is 12.0 Å². The van der Waals surface area contributed by atoms with Gasteiger partial charge in [0.25, 0.3) is 0 Å². The highest BCUT2D eigenvalue weighted by Gasteiger charge is 2.32. The molecule has 2 saturated heterocycles. The molecule has 3 rings (SSSR count). The van der Waals surface area contributed by atoms with Crippen LogP contribution in [0.1, 0.15) is 37.7 Å². The lowest BCUT2D eigenvalue weighted by atomic mass is 9.98. The SMILES string of the molecule is CC(=O)N1CCC(N2CCC(c3ccccc3Cl)C2)CC1. The Morgan fingerprint density at radius 2 is 1.86 bits per heavy atom. The molecule has 0 aromatic heterocycles. The lowest BCUT2D eigenvalue weighted by molar-refractivity contribution is -0.130. The molecule has 3 nitrogen and oxygen atoms in total. The summed E-state index contributed by atoms with van der Waals surface area (Å²) in [7, 11) is 0. The smallest absolute Gasteiger partial charge is 0.219 e. The number of nitrogens with zero attached hydrogens (tertiary/aromatic N) is 2. The van der Waals surface area contributed by atoms with Gasteiger partial charge in [0.2, 0.25) is 5.91 Å². The van der Waals surface area contributed by atoms with E-state index in [4.69, 9.17) is 11.6 Å². The fourth-order valence-electron chi connectivity index (χ4n) is 3.72. The van der Waals surface area contributed by atoms with Gasteiger partial charge in [0.05, 0.1) is 0 Å². The van der Waals surface area contributed by atoms with Crippen LogP contribution < -0.4 is 0 Å². The average molecular weight is 307 g/mol. The van der Waals surface area contributed by atoms with E-state index in [9.17, 15) is 4.79 Å². The van der Waals surface area contributed by atoms with E-state index in [2.05, 4.69) is 17.0 Å². The van der Waals surface area contributed by atoms with E-state index in [1.165, 1.54) is 12.0 Å². The van der Waals surface area contributed by atoms with Gasteiger partial charge < -0.3 is 4.90 Å². The fourth-order valence-corrected chi connectivity index (χ4v) is 4.01. The molecule has 2 aliphatic rings. The minimum atomic E-state index is 0.212. The Kier molecular flexibility index (Phi) is 4.51. The zero-order valence-corrected chi connectivity index (χ0v) is 13.4. The van der Waals surface area contributed by atoms with E-state index < -0.39 is 0 Å². The van der Waals surface area contributed by atoms with Crippen molar-refractivity contribution in [3.05, 3.63) is 34.9 Å². The summed E-state index contributed by atoms with van der Waals surface area (Å²) in [5.74, 6) is 0.772. The van der Waals surface area contributed by atoms with Crippen molar-refractivity contribution in [3.8, 4) is 0 Å². The van der Waals surface area contributed by atoms with Gasteiger partial charge in [0, 0.05) is 37.6 Å². The van der Waals surface area contributed by atoms with Crippen LogP contribution in [0.2, 0.25) is 5.02 Å². The third-order valence-electron chi connectivity index (χ3n) is 4.99. The minimum Gasteiger partial charge on any atom is -0.343 e. The Hall–Kier alpha value is -1.06. The zero-order valence-electron chi connectivity index (χ0n) is 12.6. The second kappa shape index (κ2) is 6.37.